The fraction of sp³-hybridized carbons (Fsp3) is 0.250. The average Bonchev–Trinajstić information content (AvgIpc) is 2.70. The second-order valence-corrected chi connectivity index (χ2v) is 5.63. The third kappa shape index (κ3) is 2.38. The van der Waals surface area contributed by atoms with Crippen LogP contribution < -0.4 is 0 Å². The molecule has 3 heteroatoms. The molecular weight excluding hydrogens is 263 g/mol. The van der Waals surface area contributed by atoms with E-state index < -0.39 is 5.60 Å². The molecule has 0 unspecified atom stereocenters. The van der Waals surface area contributed by atoms with Crippen LogP contribution in [0.2, 0.25) is 5.02 Å². The van der Waals surface area contributed by atoms with Gasteiger partial charge in [-0.25, -0.2) is 4.39 Å². The summed E-state index contributed by atoms with van der Waals surface area (Å²) in [7, 11) is 0. The van der Waals surface area contributed by atoms with Crippen molar-refractivity contribution in [1.29, 1.82) is 0 Å². The molecule has 2 aromatic carbocycles. The Hall–Kier alpha value is -1.38. The molecule has 0 radical (unpaired) electrons. The Morgan fingerprint density at radius 2 is 1.68 bits per heavy atom. The fourth-order valence-corrected chi connectivity index (χ4v) is 3.06. The molecule has 0 saturated heterocycles. The highest BCUT2D eigenvalue weighted by molar-refractivity contribution is 6.31. The first-order chi connectivity index (χ1) is 9.07. The molecular formula is C16H14ClFO. The van der Waals surface area contributed by atoms with E-state index in [0.29, 0.717) is 23.4 Å². The summed E-state index contributed by atoms with van der Waals surface area (Å²) in [5.41, 5.74) is 1.74. The molecule has 0 atom stereocenters. The standard InChI is InChI=1S/C16H14ClFO/c17-14-6-3-7-15(18)13(14)10-16(19)8-11-4-1-2-5-12(11)9-16/h1-7,19H,8-10H2. The van der Waals surface area contributed by atoms with Crippen LogP contribution in [0.15, 0.2) is 42.5 Å². The number of rotatable bonds is 2. The summed E-state index contributed by atoms with van der Waals surface area (Å²) in [5, 5.41) is 11.1. The zero-order chi connectivity index (χ0) is 13.5. The van der Waals surface area contributed by atoms with E-state index in [0.717, 1.165) is 11.1 Å². The van der Waals surface area contributed by atoms with E-state index in [1.54, 1.807) is 12.1 Å². The number of hydrogen-bond acceptors (Lipinski definition) is 1. The maximum atomic E-state index is 13.8. The van der Waals surface area contributed by atoms with E-state index in [1.165, 1.54) is 6.07 Å². The molecule has 2 aromatic rings. The van der Waals surface area contributed by atoms with Crippen LogP contribution in [0.3, 0.4) is 0 Å². The van der Waals surface area contributed by atoms with Crippen LogP contribution in [-0.4, -0.2) is 10.7 Å². The maximum Gasteiger partial charge on any atom is 0.127 e. The first-order valence-electron chi connectivity index (χ1n) is 6.29. The fourth-order valence-electron chi connectivity index (χ4n) is 2.83. The van der Waals surface area contributed by atoms with Crippen LogP contribution in [0.4, 0.5) is 4.39 Å². The average molecular weight is 277 g/mol. The van der Waals surface area contributed by atoms with Crippen molar-refractivity contribution in [3.05, 3.63) is 70.0 Å². The van der Waals surface area contributed by atoms with Crippen molar-refractivity contribution in [3.63, 3.8) is 0 Å². The zero-order valence-electron chi connectivity index (χ0n) is 10.4. The summed E-state index contributed by atoms with van der Waals surface area (Å²) < 4.78 is 13.8. The first-order valence-corrected chi connectivity index (χ1v) is 6.67. The third-order valence-corrected chi connectivity index (χ3v) is 4.08. The van der Waals surface area contributed by atoms with E-state index in [4.69, 9.17) is 11.6 Å². The molecule has 3 rings (SSSR count). The van der Waals surface area contributed by atoms with Crippen LogP contribution in [0.1, 0.15) is 16.7 Å². The Labute approximate surface area is 116 Å². The van der Waals surface area contributed by atoms with Gasteiger partial charge >= 0.3 is 0 Å². The van der Waals surface area contributed by atoms with Gasteiger partial charge in [-0.2, -0.15) is 0 Å². The summed E-state index contributed by atoms with van der Waals surface area (Å²) in [6.45, 7) is 0. The predicted octanol–water partition coefficient (Wildman–Crippen LogP) is 3.55. The quantitative estimate of drug-likeness (QED) is 0.889. The third-order valence-electron chi connectivity index (χ3n) is 3.72. The van der Waals surface area contributed by atoms with Gasteiger partial charge in [0.25, 0.3) is 0 Å². The van der Waals surface area contributed by atoms with E-state index in [9.17, 15) is 9.50 Å². The van der Waals surface area contributed by atoms with Gasteiger partial charge in [0, 0.05) is 29.8 Å². The van der Waals surface area contributed by atoms with Crippen LogP contribution >= 0.6 is 11.6 Å². The largest absolute Gasteiger partial charge is 0.389 e. The molecule has 0 heterocycles. The lowest BCUT2D eigenvalue weighted by molar-refractivity contribution is 0.0509. The van der Waals surface area contributed by atoms with Gasteiger partial charge in [-0.15, -0.1) is 0 Å². The number of hydrogen-bond donors (Lipinski definition) is 1. The summed E-state index contributed by atoms with van der Waals surface area (Å²) >= 11 is 6.03. The van der Waals surface area contributed by atoms with Gasteiger partial charge in [0.2, 0.25) is 0 Å². The number of fused-ring (bicyclic) bond motifs is 1. The van der Waals surface area contributed by atoms with Crippen LogP contribution in [-0.2, 0) is 19.3 Å². The van der Waals surface area contributed by atoms with E-state index in [1.807, 2.05) is 24.3 Å². The van der Waals surface area contributed by atoms with Crippen molar-refractivity contribution in [1.82, 2.24) is 0 Å². The topological polar surface area (TPSA) is 20.2 Å². The number of halogens is 2. The minimum absolute atomic E-state index is 0.243. The maximum absolute atomic E-state index is 13.8. The molecule has 0 amide bonds. The Bertz CT molecular complexity index is 579. The van der Waals surface area contributed by atoms with Gasteiger partial charge in [-0.05, 0) is 23.3 Å². The van der Waals surface area contributed by atoms with Gasteiger partial charge in [0.05, 0.1) is 5.60 Å². The van der Waals surface area contributed by atoms with Gasteiger partial charge in [-0.3, -0.25) is 0 Å². The second-order valence-electron chi connectivity index (χ2n) is 5.22. The summed E-state index contributed by atoms with van der Waals surface area (Å²) in [6.07, 6.45) is 1.34. The van der Waals surface area contributed by atoms with Crippen molar-refractivity contribution < 1.29 is 9.50 Å². The lowest BCUT2D eigenvalue weighted by atomic mass is 9.91. The summed E-state index contributed by atoms with van der Waals surface area (Å²) in [5.74, 6) is -0.350. The molecule has 1 aliphatic rings. The normalized spacial score (nSPS) is 16.4. The van der Waals surface area contributed by atoms with Gasteiger partial charge in [-0.1, -0.05) is 41.9 Å². The van der Waals surface area contributed by atoms with E-state index in [2.05, 4.69) is 0 Å². The molecule has 1 nitrogen and oxygen atoms in total. The van der Waals surface area contributed by atoms with Crippen LogP contribution in [0.5, 0.6) is 0 Å². The molecule has 0 aromatic heterocycles. The van der Waals surface area contributed by atoms with Crippen molar-refractivity contribution in [2.45, 2.75) is 24.9 Å². The smallest absolute Gasteiger partial charge is 0.127 e. The van der Waals surface area contributed by atoms with Crippen molar-refractivity contribution in [2.75, 3.05) is 0 Å². The lowest BCUT2D eigenvalue weighted by Crippen LogP contribution is -2.32. The summed E-state index contributed by atoms with van der Waals surface area (Å²) in [4.78, 5) is 0. The molecule has 98 valence electrons. The van der Waals surface area contributed by atoms with E-state index in [-0.39, 0.29) is 12.2 Å². The molecule has 19 heavy (non-hydrogen) atoms. The Kier molecular flexibility index (Phi) is 3.08. The molecule has 0 spiro atoms. The van der Waals surface area contributed by atoms with Crippen molar-refractivity contribution in [3.8, 4) is 0 Å². The monoisotopic (exact) mass is 276 g/mol. The summed E-state index contributed by atoms with van der Waals surface area (Å²) in [6, 6.07) is 12.6. The number of benzene rings is 2. The zero-order valence-corrected chi connectivity index (χ0v) is 11.1. The van der Waals surface area contributed by atoms with Gasteiger partial charge in [0.15, 0.2) is 0 Å². The first kappa shape index (κ1) is 12.6. The molecule has 1 aliphatic carbocycles. The minimum atomic E-state index is -0.935. The highest BCUT2D eigenvalue weighted by Crippen LogP contribution is 2.34. The number of aliphatic hydroxyl groups is 1. The second kappa shape index (κ2) is 4.62. The van der Waals surface area contributed by atoms with Crippen LogP contribution in [0, 0.1) is 5.82 Å². The molecule has 0 bridgehead atoms. The molecule has 0 aliphatic heterocycles. The minimum Gasteiger partial charge on any atom is -0.389 e. The molecule has 0 fully saturated rings. The highest BCUT2D eigenvalue weighted by atomic mass is 35.5. The highest BCUT2D eigenvalue weighted by Gasteiger charge is 2.36. The molecule has 0 saturated carbocycles. The van der Waals surface area contributed by atoms with Crippen LogP contribution in [0.25, 0.3) is 0 Å². The molecule has 1 N–H and O–H groups in total. The lowest BCUT2D eigenvalue weighted by Gasteiger charge is -2.23. The van der Waals surface area contributed by atoms with Crippen molar-refractivity contribution in [2.24, 2.45) is 0 Å². The predicted molar refractivity (Wildman–Crippen MR) is 73.9 cm³/mol. The van der Waals surface area contributed by atoms with Gasteiger partial charge < -0.3 is 5.11 Å². The van der Waals surface area contributed by atoms with E-state index >= 15 is 0 Å². The van der Waals surface area contributed by atoms with Crippen molar-refractivity contribution >= 4 is 11.6 Å². The Morgan fingerprint density at radius 1 is 1.05 bits per heavy atom. The Balaban J connectivity index is 1.89. The van der Waals surface area contributed by atoms with Gasteiger partial charge in [0.1, 0.15) is 5.82 Å². The SMILES string of the molecule is OC1(Cc2c(F)cccc2Cl)Cc2ccccc2C1. The Morgan fingerprint density at radius 3 is 2.26 bits per heavy atom.